The highest BCUT2D eigenvalue weighted by Crippen LogP contribution is 2.15. The molecule has 6 nitrogen and oxygen atoms in total. The zero-order valence-electron chi connectivity index (χ0n) is 37.4. The first-order valence-electron chi connectivity index (χ1n) is 24.6. The van der Waals surface area contributed by atoms with Crippen LogP contribution in [0, 0.1) is 0 Å². The number of allylic oxidation sites excluding steroid dienone is 3. The quantitative estimate of drug-likeness (QED) is 0.0324. The Morgan fingerprint density at radius 2 is 0.839 bits per heavy atom. The number of amides is 1. The van der Waals surface area contributed by atoms with Gasteiger partial charge in [-0.15, -0.1) is 0 Å². The van der Waals surface area contributed by atoms with E-state index >= 15 is 0 Å². The summed E-state index contributed by atoms with van der Waals surface area (Å²) < 4.78 is 5.45. The van der Waals surface area contributed by atoms with Crippen LogP contribution in [-0.4, -0.2) is 47.4 Å². The van der Waals surface area contributed by atoms with Crippen LogP contribution in [0.2, 0.25) is 0 Å². The summed E-state index contributed by atoms with van der Waals surface area (Å²) in [6, 6.07) is -0.638. The molecule has 0 heterocycles. The van der Waals surface area contributed by atoms with Crippen LogP contribution in [0.4, 0.5) is 0 Å². The fourth-order valence-corrected chi connectivity index (χ4v) is 7.39. The molecule has 0 bridgehead atoms. The molecule has 0 fully saturated rings. The fraction of sp³-hybridized carbons (Fsp3) is 0.880. The van der Waals surface area contributed by atoms with Gasteiger partial charge in [0.15, 0.2) is 0 Å². The van der Waals surface area contributed by atoms with Gasteiger partial charge in [0.2, 0.25) is 5.91 Å². The predicted molar refractivity (Wildman–Crippen MR) is 241 cm³/mol. The zero-order valence-corrected chi connectivity index (χ0v) is 37.4. The van der Waals surface area contributed by atoms with Crippen molar-refractivity contribution in [2.45, 2.75) is 270 Å². The topological polar surface area (TPSA) is 95.9 Å². The van der Waals surface area contributed by atoms with Crippen LogP contribution in [0.3, 0.4) is 0 Å². The van der Waals surface area contributed by atoms with E-state index in [0.29, 0.717) is 19.4 Å². The molecule has 0 radical (unpaired) electrons. The van der Waals surface area contributed by atoms with Crippen LogP contribution in [0.15, 0.2) is 24.3 Å². The van der Waals surface area contributed by atoms with E-state index in [0.717, 1.165) is 57.8 Å². The molecule has 1 amide bonds. The average Bonchev–Trinajstić information content (AvgIpc) is 3.20. The molecule has 0 aliphatic carbocycles. The van der Waals surface area contributed by atoms with Crippen molar-refractivity contribution in [3.63, 3.8) is 0 Å². The van der Waals surface area contributed by atoms with Gasteiger partial charge in [0.1, 0.15) is 0 Å². The number of carbonyl (C=O) groups excluding carboxylic acids is 2. The van der Waals surface area contributed by atoms with Gasteiger partial charge in [-0.1, -0.05) is 212 Å². The second-order valence-corrected chi connectivity index (χ2v) is 16.8. The highest BCUT2D eigenvalue weighted by Gasteiger charge is 2.18. The summed E-state index contributed by atoms with van der Waals surface area (Å²) in [5, 5.41) is 23.0. The van der Waals surface area contributed by atoms with Gasteiger partial charge in [-0.05, 0) is 57.8 Å². The minimum atomic E-state index is -0.853. The Bertz CT molecular complexity index is 874. The Labute approximate surface area is 348 Å². The zero-order chi connectivity index (χ0) is 40.8. The molecule has 0 aromatic rings. The van der Waals surface area contributed by atoms with Crippen molar-refractivity contribution in [3.05, 3.63) is 24.3 Å². The maximum atomic E-state index is 12.4. The summed E-state index contributed by atoms with van der Waals surface area (Å²) in [7, 11) is 0. The lowest BCUT2D eigenvalue weighted by Crippen LogP contribution is -2.45. The molecule has 0 spiro atoms. The lowest BCUT2D eigenvalue weighted by Gasteiger charge is -2.20. The number of nitrogens with one attached hydrogen (secondary N) is 1. The molecule has 56 heavy (non-hydrogen) atoms. The van der Waals surface area contributed by atoms with Gasteiger partial charge in [-0.2, -0.15) is 0 Å². The van der Waals surface area contributed by atoms with Crippen molar-refractivity contribution in [3.8, 4) is 0 Å². The predicted octanol–water partition coefficient (Wildman–Crippen LogP) is 14.3. The number of hydrogen-bond donors (Lipinski definition) is 3. The van der Waals surface area contributed by atoms with E-state index in [-0.39, 0.29) is 18.5 Å². The highest BCUT2D eigenvalue weighted by molar-refractivity contribution is 5.76. The second-order valence-electron chi connectivity index (χ2n) is 16.8. The molecule has 0 aromatic heterocycles. The number of ether oxygens (including phenoxy) is 1. The lowest BCUT2D eigenvalue weighted by molar-refractivity contribution is -0.143. The van der Waals surface area contributed by atoms with Gasteiger partial charge in [0.25, 0.3) is 0 Å². The molecule has 0 rings (SSSR count). The molecule has 3 N–H and O–H groups in total. The first-order chi connectivity index (χ1) is 27.5. The van der Waals surface area contributed by atoms with Crippen molar-refractivity contribution < 1.29 is 24.5 Å². The van der Waals surface area contributed by atoms with Crippen LogP contribution in [0.5, 0.6) is 0 Å². The van der Waals surface area contributed by atoms with Gasteiger partial charge in [-0.3, -0.25) is 9.59 Å². The van der Waals surface area contributed by atoms with E-state index in [2.05, 4.69) is 31.3 Å². The molecule has 0 aromatic carbocycles. The number of aliphatic hydroxyl groups is 2. The van der Waals surface area contributed by atoms with Gasteiger partial charge in [0.05, 0.1) is 25.4 Å². The smallest absolute Gasteiger partial charge is 0.305 e. The SMILES string of the molecule is CCCCCCC/C=C\CCCCCCCC(=O)OCCCCCCCCCCCCCCC(=O)NC(CO)C(O)/C=C/CCCCCCCCCCCCC. The van der Waals surface area contributed by atoms with Gasteiger partial charge in [-0.25, -0.2) is 0 Å². The average molecular weight is 790 g/mol. The third-order valence-electron chi connectivity index (χ3n) is 11.2. The van der Waals surface area contributed by atoms with E-state index in [1.807, 2.05) is 6.08 Å². The summed E-state index contributed by atoms with van der Waals surface area (Å²) in [6.07, 6.45) is 53.1. The number of rotatable bonds is 45. The van der Waals surface area contributed by atoms with Crippen molar-refractivity contribution >= 4 is 11.9 Å². The molecule has 0 aliphatic rings. The maximum absolute atomic E-state index is 12.4. The van der Waals surface area contributed by atoms with Crippen LogP contribution in [-0.2, 0) is 14.3 Å². The van der Waals surface area contributed by atoms with Gasteiger partial charge >= 0.3 is 5.97 Å². The summed E-state index contributed by atoms with van der Waals surface area (Å²) in [5.41, 5.74) is 0. The van der Waals surface area contributed by atoms with Crippen LogP contribution in [0.25, 0.3) is 0 Å². The number of carbonyl (C=O) groups is 2. The number of esters is 1. The molecule has 6 heteroatoms. The van der Waals surface area contributed by atoms with E-state index in [4.69, 9.17) is 4.74 Å². The fourth-order valence-electron chi connectivity index (χ4n) is 7.39. The monoisotopic (exact) mass is 790 g/mol. The standard InChI is InChI=1S/C50H95NO5/c1-3-5-7-9-11-13-15-17-19-24-28-32-36-40-44-50(55)56-45-41-37-33-29-25-21-20-23-27-31-35-39-43-49(54)51-47(46-52)48(53)42-38-34-30-26-22-18-16-14-12-10-8-6-4-2/h15,17,38,42,47-48,52-53H,3-14,16,18-37,39-41,43-46H2,1-2H3,(H,51,54)/b17-15-,42-38+. The van der Waals surface area contributed by atoms with Crippen LogP contribution < -0.4 is 5.32 Å². The molecule has 2 unspecified atom stereocenters. The molecule has 2 atom stereocenters. The lowest BCUT2D eigenvalue weighted by atomic mass is 10.0. The Morgan fingerprint density at radius 1 is 0.482 bits per heavy atom. The summed E-state index contributed by atoms with van der Waals surface area (Å²) >= 11 is 0. The van der Waals surface area contributed by atoms with Crippen molar-refractivity contribution in [2.24, 2.45) is 0 Å². The molecule has 0 aliphatic heterocycles. The first kappa shape index (κ1) is 54.3. The van der Waals surface area contributed by atoms with Crippen molar-refractivity contribution in [2.75, 3.05) is 13.2 Å². The third kappa shape index (κ3) is 42.0. The maximum Gasteiger partial charge on any atom is 0.305 e. The van der Waals surface area contributed by atoms with Crippen LogP contribution in [0.1, 0.15) is 258 Å². The van der Waals surface area contributed by atoms with Crippen molar-refractivity contribution in [1.29, 1.82) is 0 Å². The normalized spacial score (nSPS) is 12.9. The Balaban J connectivity index is 3.50. The number of hydrogen-bond acceptors (Lipinski definition) is 5. The Hall–Kier alpha value is -1.66. The molecular weight excluding hydrogens is 695 g/mol. The molecule has 0 saturated heterocycles. The first-order valence-corrected chi connectivity index (χ1v) is 24.6. The van der Waals surface area contributed by atoms with Gasteiger partial charge < -0.3 is 20.3 Å². The minimum Gasteiger partial charge on any atom is -0.466 e. The Morgan fingerprint density at radius 3 is 1.27 bits per heavy atom. The highest BCUT2D eigenvalue weighted by atomic mass is 16.5. The summed E-state index contributed by atoms with van der Waals surface area (Å²) in [6.45, 7) is 4.84. The molecular formula is C50H95NO5. The third-order valence-corrected chi connectivity index (χ3v) is 11.2. The van der Waals surface area contributed by atoms with Gasteiger partial charge in [0, 0.05) is 12.8 Å². The molecule has 0 saturated carbocycles. The summed E-state index contributed by atoms with van der Waals surface area (Å²) in [5.74, 6) is -0.105. The van der Waals surface area contributed by atoms with Crippen LogP contribution >= 0.6 is 0 Å². The van der Waals surface area contributed by atoms with E-state index < -0.39 is 12.1 Å². The minimum absolute atomic E-state index is 0.0199. The Kier molecular flexibility index (Phi) is 44.7. The van der Waals surface area contributed by atoms with E-state index in [1.54, 1.807) is 6.08 Å². The number of unbranched alkanes of at least 4 members (excludes halogenated alkanes) is 32. The van der Waals surface area contributed by atoms with E-state index in [1.165, 1.54) is 173 Å². The van der Waals surface area contributed by atoms with E-state index in [9.17, 15) is 19.8 Å². The second kappa shape index (κ2) is 46.0. The van der Waals surface area contributed by atoms with Crippen molar-refractivity contribution in [1.82, 2.24) is 5.32 Å². The largest absolute Gasteiger partial charge is 0.466 e. The summed E-state index contributed by atoms with van der Waals surface area (Å²) in [4.78, 5) is 24.4. The number of aliphatic hydroxyl groups excluding tert-OH is 2. The molecule has 330 valence electrons.